The molecule has 4 heteroatoms. The lowest BCUT2D eigenvalue weighted by Gasteiger charge is -2.14. The van der Waals surface area contributed by atoms with Crippen LogP contribution in [0.4, 0.5) is 0 Å². The Hall–Kier alpha value is -0.480. The quantitative estimate of drug-likeness (QED) is 0.461. The van der Waals surface area contributed by atoms with Crippen LogP contribution in [-0.4, -0.2) is 16.1 Å². The van der Waals surface area contributed by atoms with Gasteiger partial charge in [0.25, 0.3) is 0 Å². The molecule has 1 aromatic heterocycles. The Kier molecular flexibility index (Phi) is 11.7. The predicted molar refractivity (Wildman–Crippen MR) is 92.8 cm³/mol. The summed E-state index contributed by atoms with van der Waals surface area (Å²) >= 11 is 1.45. The van der Waals surface area contributed by atoms with Crippen molar-refractivity contribution in [1.29, 1.82) is 0 Å². The van der Waals surface area contributed by atoms with Crippen LogP contribution in [0.2, 0.25) is 0 Å². The third-order valence-corrected chi connectivity index (χ3v) is 4.55. The van der Waals surface area contributed by atoms with Crippen molar-refractivity contribution >= 4 is 11.5 Å². The lowest BCUT2D eigenvalue weighted by molar-refractivity contribution is 0.465. The van der Waals surface area contributed by atoms with E-state index in [1.165, 1.54) is 82.2 Å². The minimum atomic E-state index is 0.405. The molecule has 0 radical (unpaired) electrons. The minimum absolute atomic E-state index is 0.405. The molecular formula is C17H33N3S. The van der Waals surface area contributed by atoms with Crippen LogP contribution in [0.1, 0.15) is 96.2 Å². The topological polar surface area (TPSA) is 37.8 Å². The maximum absolute atomic E-state index is 4.21. The lowest BCUT2D eigenvalue weighted by Crippen LogP contribution is -2.21. The van der Waals surface area contributed by atoms with E-state index in [2.05, 4.69) is 34.1 Å². The summed E-state index contributed by atoms with van der Waals surface area (Å²) in [6.07, 6.45) is 15.1. The molecule has 0 spiro atoms. The highest BCUT2D eigenvalue weighted by molar-refractivity contribution is 7.03. The van der Waals surface area contributed by atoms with Crippen LogP contribution >= 0.6 is 11.5 Å². The van der Waals surface area contributed by atoms with Crippen molar-refractivity contribution in [3.8, 4) is 0 Å². The van der Waals surface area contributed by atoms with Gasteiger partial charge in [-0.25, -0.2) is 0 Å². The van der Waals surface area contributed by atoms with E-state index < -0.39 is 0 Å². The van der Waals surface area contributed by atoms with Crippen LogP contribution in [0.15, 0.2) is 5.38 Å². The second-order valence-corrected chi connectivity index (χ2v) is 6.52. The second-order valence-electron chi connectivity index (χ2n) is 5.91. The number of hydrogen-bond acceptors (Lipinski definition) is 4. The van der Waals surface area contributed by atoms with Crippen LogP contribution < -0.4 is 5.32 Å². The smallest absolute Gasteiger partial charge is 0.0924 e. The fourth-order valence-electron chi connectivity index (χ4n) is 2.76. The molecule has 0 amide bonds. The van der Waals surface area contributed by atoms with E-state index in [-0.39, 0.29) is 0 Å². The SMILES string of the molecule is CCCCCCCCCCCCC(NCC)c1csnn1. The summed E-state index contributed by atoms with van der Waals surface area (Å²) in [4.78, 5) is 0. The minimum Gasteiger partial charge on any atom is -0.309 e. The molecule has 0 aliphatic heterocycles. The van der Waals surface area contributed by atoms with E-state index in [0.717, 1.165) is 12.2 Å². The van der Waals surface area contributed by atoms with Crippen molar-refractivity contribution < 1.29 is 0 Å². The van der Waals surface area contributed by atoms with Gasteiger partial charge in [-0.05, 0) is 24.5 Å². The molecule has 122 valence electrons. The van der Waals surface area contributed by atoms with Gasteiger partial charge in [0.1, 0.15) is 0 Å². The van der Waals surface area contributed by atoms with E-state index in [1.807, 2.05) is 0 Å². The molecule has 1 atom stereocenters. The van der Waals surface area contributed by atoms with Crippen LogP contribution in [0.3, 0.4) is 0 Å². The number of rotatable bonds is 14. The van der Waals surface area contributed by atoms with Crippen molar-refractivity contribution in [2.24, 2.45) is 0 Å². The first kappa shape index (κ1) is 18.6. The van der Waals surface area contributed by atoms with Gasteiger partial charge in [-0.1, -0.05) is 82.5 Å². The average Bonchev–Trinajstić information content (AvgIpc) is 3.02. The fraction of sp³-hybridized carbons (Fsp3) is 0.882. The standard InChI is InChI=1S/C17H33N3S/c1-3-5-6-7-8-9-10-11-12-13-14-16(18-4-2)17-15-21-20-19-17/h15-16,18H,3-14H2,1-2H3. The number of nitrogens with one attached hydrogen (secondary N) is 1. The molecule has 0 fully saturated rings. The Morgan fingerprint density at radius 3 is 2.10 bits per heavy atom. The van der Waals surface area contributed by atoms with Gasteiger partial charge in [-0.3, -0.25) is 0 Å². The van der Waals surface area contributed by atoms with Gasteiger partial charge in [0.2, 0.25) is 0 Å². The highest BCUT2D eigenvalue weighted by Gasteiger charge is 2.12. The Bertz CT molecular complexity index is 314. The average molecular weight is 312 g/mol. The molecule has 0 aromatic carbocycles. The first-order valence-corrected chi connectivity index (χ1v) is 9.72. The predicted octanol–water partition coefficient (Wildman–Crippen LogP) is 5.50. The Morgan fingerprint density at radius 1 is 0.952 bits per heavy atom. The largest absolute Gasteiger partial charge is 0.309 e. The maximum Gasteiger partial charge on any atom is 0.0924 e. The lowest BCUT2D eigenvalue weighted by atomic mass is 10.0. The second kappa shape index (κ2) is 13.2. The summed E-state index contributed by atoms with van der Waals surface area (Å²) in [5, 5.41) is 9.80. The first-order valence-electron chi connectivity index (χ1n) is 8.88. The highest BCUT2D eigenvalue weighted by atomic mass is 32.1. The summed E-state index contributed by atoms with van der Waals surface area (Å²) in [6.45, 7) is 5.44. The summed E-state index contributed by atoms with van der Waals surface area (Å²) < 4.78 is 3.98. The Morgan fingerprint density at radius 2 is 1.57 bits per heavy atom. The number of aromatic nitrogens is 2. The summed E-state index contributed by atoms with van der Waals surface area (Å²) in [7, 11) is 0. The van der Waals surface area contributed by atoms with E-state index in [1.54, 1.807) is 0 Å². The van der Waals surface area contributed by atoms with Gasteiger partial charge in [-0.15, -0.1) is 5.10 Å². The zero-order valence-corrected chi connectivity index (χ0v) is 14.8. The molecule has 0 aliphatic rings. The molecule has 1 unspecified atom stereocenters. The Labute approximate surface area is 135 Å². The molecule has 21 heavy (non-hydrogen) atoms. The van der Waals surface area contributed by atoms with Gasteiger partial charge >= 0.3 is 0 Å². The van der Waals surface area contributed by atoms with Gasteiger partial charge in [-0.2, -0.15) is 0 Å². The van der Waals surface area contributed by atoms with E-state index in [4.69, 9.17) is 0 Å². The third kappa shape index (κ3) is 9.20. The monoisotopic (exact) mass is 311 g/mol. The molecule has 1 aromatic rings. The van der Waals surface area contributed by atoms with Gasteiger partial charge < -0.3 is 5.32 Å². The zero-order chi connectivity index (χ0) is 15.2. The van der Waals surface area contributed by atoms with Crippen molar-refractivity contribution in [3.63, 3.8) is 0 Å². The third-order valence-electron chi connectivity index (χ3n) is 4.03. The van der Waals surface area contributed by atoms with Crippen LogP contribution in [-0.2, 0) is 0 Å². The van der Waals surface area contributed by atoms with Crippen LogP contribution in [0.5, 0.6) is 0 Å². The highest BCUT2D eigenvalue weighted by Crippen LogP contribution is 2.19. The van der Waals surface area contributed by atoms with Crippen molar-refractivity contribution in [2.75, 3.05) is 6.54 Å². The van der Waals surface area contributed by atoms with Gasteiger partial charge in [0.05, 0.1) is 11.7 Å². The first-order chi connectivity index (χ1) is 10.4. The molecule has 1 heterocycles. The van der Waals surface area contributed by atoms with Crippen LogP contribution in [0, 0.1) is 0 Å². The van der Waals surface area contributed by atoms with E-state index in [9.17, 15) is 0 Å². The molecule has 0 saturated carbocycles. The van der Waals surface area contributed by atoms with E-state index in [0.29, 0.717) is 6.04 Å². The number of unbranched alkanes of at least 4 members (excludes halogenated alkanes) is 9. The molecule has 0 saturated heterocycles. The summed E-state index contributed by atoms with van der Waals surface area (Å²) in [6, 6.07) is 0.405. The molecule has 1 rings (SSSR count). The fourth-order valence-corrected chi connectivity index (χ4v) is 3.27. The number of nitrogens with zero attached hydrogens (tertiary/aromatic N) is 2. The molecular weight excluding hydrogens is 278 g/mol. The van der Waals surface area contributed by atoms with Gasteiger partial charge in [0, 0.05) is 5.38 Å². The van der Waals surface area contributed by atoms with Crippen molar-refractivity contribution in [1.82, 2.24) is 14.9 Å². The van der Waals surface area contributed by atoms with Crippen molar-refractivity contribution in [2.45, 2.75) is 90.5 Å². The normalized spacial score (nSPS) is 12.7. The molecule has 1 N–H and O–H groups in total. The van der Waals surface area contributed by atoms with Crippen LogP contribution in [0.25, 0.3) is 0 Å². The zero-order valence-electron chi connectivity index (χ0n) is 13.9. The Balaban J connectivity index is 1.97. The molecule has 3 nitrogen and oxygen atoms in total. The molecule has 0 aliphatic carbocycles. The molecule has 0 bridgehead atoms. The summed E-state index contributed by atoms with van der Waals surface area (Å²) in [5.74, 6) is 0. The van der Waals surface area contributed by atoms with Gasteiger partial charge in [0.15, 0.2) is 0 Å². The number of hydrogen-bond donors (Lipinski definition) is 1. The van der Waals surface area contributed by atoms with Crippen molar-refractivity contribution in [3.05, 3.63) is 11.1 Å². The van der Waals surface area contributed by atoms with E-state index >= 15 is 0 Å². The maximum atomic E-state index is 4.21. The summed E-state index contributed by atoms with van der Waals surface area (Å²) in [5.41, 5.74) is 1.12.